The first-order valence-electron chi connectivity index (χ1n) is 25.5. The number of rotatable bonds is 22. The van der Waals surface area contributed by atoms with Crippen molar-refractivity contribution in [3.05, 3.63) is 77.1 Å². The van der Waals surface area contributed by atoms with Gasteiger partial charge in [0.2, 0.25) is 0 Å². The fourth-order valence-electron chi connectivity index (χ4n) is 12.4. The molecular formula is C54H78O14Si2. The van der Waals surface area contributed by atoms with Crippen molar-refractivity contribution in [3.8, 4) is 17.6 Å². The molecule has 2 aromatic carbocycles. The van der Waals surface area contributed by atoms with Crippen molar-refractivity contribution >= 4 is 28.6 Å². The molecule has 5 aliphatic rings. The molecule has 1 spiro atoms. The maximum Gasteiger partial charge on any atom is 0.367 e. The van der Waals surface area contributed by atoms with Gasteiger partial charge in [0, 0.05) is 43.6 Å². The van der Waals surface area contributed by atoms with Crippen LogP contribution in [0.2, 0.25) is 36.3 Å². The van der Waals surface area contributed by atoms with E-state index in [2.05, 4.69) is 53.4 Å². The lowest BCUT2D eigenvalue weighted by atomic mass is 9.47. The Morgan fingerprint density at radius 1 is 0.800 bits per heavy atom. The van der Waals surface area contributed by atoms with Gasteiger partial charge in [-0.1, -0.05) is 95.8 Å². The monoisotopic (exact) mass is 1010 g/mol. The van der Waals surface area contributed by atoms with Crippen LogP contribution in [-0.2, 0) is 74.3 Å². The highest BCUT2D eigenvalue weighted by Crippen LogP contribution is 2.70. The second-order valence-electron chi connectivity index (χ2n) is 19.6. The first kappa shape index (κ1) is 54.2. The lowest BCUT2D eigenvalue weighted by molar-refractivity contribution is -0.247. The first-order chi connectivity index (χ1) is 33.8. The van der Waals surface area contributed by atoms with Crippen molar-refractivity contribution in [2.24, 2.45) is 23.2 Å². The highest BCUT2D eigenvalue weighted by Gasteiger charge is 2.80. The Bertz CT molecular complexity index is 2150. The largest absolute Gasteiger partial charge is 0.497 e. The zero-order chi connectivity index (χ0) is 50.3. The summed E-state index contributed by atoms with van der Waals surface area (Å²) in [6.07, 6.45) is -1.14. The first-order valence-corrected chi connectivity index (χ1v) is 30.6. The maximum atomic E-state index is 15.0. The van der Waals surface area contributed by atoms with Crippen LogP contribution in [0.25, 0.3) is 0 Å². The fraction of sp³-hybridized carbons (Fsp3) is 0.667. The summed E-state index contributed by atoms with van der Waals surface area (Å²) in [5.74, 6) is 3.00. The van der Waals surface area contributed by atoms with Crippen LogP contribution in [0.1, 0.15) is 78.9 Å². The SMILES string of the molecule is CC[Si](CC)(CC)O[C@H]1C[C@](O[Si](CC)(CC)CC)(C(=O)OC)C2CO[C@H]3C(OCC#C[C@@H]4C[C@@H](OCc5ccc(OC)cc5)C[C@@H](OC)O4)=C(C)[C@@H]4[C@@](OCc5ccccc5)(C(=O)OC)OC[C@@]14[C@H]23. The maximum absolute atomic E-state index is 15.0. The second kappa shape index (κ2) is 23.1. The Labute approximate surface area is 418 Å². The Hall–Kier alpha value is -3.61. The van der Waals surface area contributed by atoms with Crippen molar-refractivity contribution in [1.29, 1.82) is 0 Å². The normalized spacial score (nSPS) is 31.5. The van der Waals surface area contributed by atoms with Crippen LogP contribution >= 0.6 is 0 Å². The fourth-order valence-corrected chi connectivity index (χ4v) is 18.3. The van der Waals surface area contributed by atoms with Crippen LogP contribution in [-0.4, -0.2) is 119 Å². The van der Waals surface area contributed by atoms with Gasteiger partial charge in [-0.15, -0.1) is 0 Å². The minimum atomic E-state index is -2.54. The van der Waals surface area contributed by atoms with Crippen LogP contribution in [0.4, 0.5) is 0 Å². The van der Waals surface area contributed by atoms with Crippen molar-refractivity contribution in [2.45, 2.75) is 159 Å². The molecule has 1 saturated carbocycles. The van der Waals surface area contributed by atoms with E-state index in [4.69, 9.17) is 56.2 Å². The van der Waals surface area contributed by atoms with Gasteiger partial charge in [0.15, 0.2) is 28.5 Å². The van der Waals surface area contributed by atoms with Gasteiger partial charge < -0.3 is 56.2 Å². The van der Waals surface area contributed by atoms with Crippen molar-refractivity contribution in [2.75, 3.05) is 48.3 Å². The van der Waals surface area contributed by atoms with Crippen LogP contribution in [0.15, 0.2) is 65.9 Å². The number of carbonyl (C=O) groups excluding carboxylic acids is 2. The Balaban J connectivity index is 1.32. The molecule has 2 aliphatic carbocycles. The van der Waals surface area contributed by atoms with Gasteiger partial charge in [0.25, 0.3) is 5.79 Å². The number of carbonyl (C=O) groups is 2. The zero-order valence-electron chi connectivity index (χ0n) is 43.4. The van der Waals surface area contributed by atoms with Crippen LogP contribution < -0.4 is 4.74 Å². The third-order valence-electron chi connectivity index (χ3n) is 16.7. The summed E-state index contributed by atoms with van der Waals surface area (Å²) in [7, 11) is 1.04. The van der Waals surface area contributed by atoms with Crippen LogP contribution in [0, 0.1) is 35.0 Å². The number of esters is 2. The lowest BCUT2D eigenvalue weighted by Gasteiger charge is -2.61. The van der Waals surface area contributed by atoms with E-state index in [9.17, 15) is 9.59 Å². The van der Waals surface area contributed by atoms with Crippen molar-refractivity contribution < 1.29 is 65.8 Å². The molecule has 70 heavy (non-hydrogen) atoms. The molecule has 0 amide bonds. The third-order valence-corrected chi connectivity index (χ3v) is 26.0. The van der Waals surface area contributed by atoms with E-state index < -0.39 is 87.7 Å². The minimum Gasteiger partial charge on any atom is -0.497 e. The predicted molar refractivity (Wildman–Crippen MR) is 267 cm³/mol. The molecule has 0 aromatic heterocycles. The molecule has 3 aliphatic heterocycles. The summed E-state index contributed by atoms with van der Waals surface area (Å²) < 4.78 is 78.3. The van der Waals surface area contributed by atoms with Gasteiger partial charge in [-0.3, -0.25) is 0 Å². The third kappa shape index (κ3) is 10.1. The van der Waals surface area contributed by atoms with Gasteiger partial charge >= 0.3 is 11.9 Å². The van der Waals surface area contributed by atoms with Gasteiger partial charge in [0.1, 0.15) is 30.3 Å². The lowest BCUT2D eigenvalue weighted by Crippen LogP contribution is -2.72. The molecule has 4 fully saturated rings. The summed E-state index contributed by atoms with van der Waals surface area (Å²) in [4.78, 5) is 29.8. The van der Waals surface area contributed by atoms with Crippen LogP contribution in [0.3, 0.4) is 0 Å². The number of hydrogen-bond donors (Lipinski definition) is 0. The average molecular weight is 1010 g/mol. The van der Waals surface area contributed by atoms with Crippen LogP contribution in [0.5, 0.6) is 5.75 Å². The van der Waals surface area contributed by atoms with Gasteiger partial charge in [-0.25, -0.2) is 9.59 Å². The molecule has 0 N–H and O–H groups in total. The molecule has 3 heterocycles. The molecule has 16 heteroatoms. The highest BCUT2D eigenvalue weighted by atomic mass is 28.4. The van der Waals surface area contributed by atoms with E-state index in [0.717, 1.165) is 58.7 Å². The molecule has 1 unspecified atom stereocenters. The Morgan fingerprint density at radius 2 is 1.46 bits per heavy atom. The average Bonchev–Trinajstić information content (AvgIpc) is 4.02. The number of methoxy groups -OCH3 is 4. The zero-order valence-corrected chi connectivity index (χ0v) is 45.4. The summed E-state index contributed by atoms with van der Waals surface area (Å²) in [5.41, 5.74) is 0.226. The Morgan fingerprint density at radius 3 is 2.07 bits per heavy atom. The van der Waals surface area contributed by atoms with E-state index in [1.807, 2.05) is 61.5 Å². The molecule has 0 bridgehead atoms. The summed E-state index contributed by atoms with van der Waals surface area (Å²) in [6, 6.07) is 22.5. The van der Waals surface area contributed by atoms with E-state index in [0.29, 0.717) is 25.2 Å². The molecule has 0 radical (unpaired) electrons. The van der Waals surface area contributed by atoms with E-state index in [1.54, 1.807) is 14.2 Å². The summed E-state index contributed by atoms with van der Waals surface area (Å²) >= 11 is 0. The van der Waals surface area contributed by atoms with Crippen molar-refractivity contribution in [3.63, 3.8) is 0 Å². The van der Waals surface area contributed by atoms with E-state index in [1.165, 1.54) is 14.2 Å². The Kier molecular flexibility index (Phi) is 17.9. The van der Waals surface area contributed by atoms with Gasteiger partial charge in [-0.05, 0) is 72.0 Å². The second-order valence-corrected chi connectivity index (χ2v) is 29.0. The van der Waals surface area contributed by atoms with Gasteiger partial charge in [0.05, 0.1) is 65.9 Å². The standard InChI is InChI=1S/C54H78O14Si2/c1-12-69(13-2,14-3)67-44-32-53(50(55)59-10,68-70(15-4,16-5)17-6)43-35-63-48-46(43)52(44)36-65-54(51(56)60-11,64-34-38-22-19-18-20-23-38)49(52)37(7)47(48)61-29-21-24-41-30-42(31-45(58-9)66-41)62-33-39-25-27-40(57-8)28-26-39/h18-20,22-23,25-28,41-46,48-49H,12-17,29-36H2,1-11H3/t41-,42-,43?,44+,45+,46-,48-,49+,52+,53-,54+/m1/s1. The summed E-state index contributed by atoms with van der Waals surface area (Å²) in [5, 5.41) is 0. The molecule has 2 aromatic rings. The smallest absolute Gasteiger partial charge is 0.367 e. The van der Waals surface area contributed by atoms with E-state index in [-0.39, 0.29) is 39.0 Å². The topological polar surface area (TPSA) is 145 Å². The highest BCUT2D eigenvalue weighted by molar-refractivity contribution is 6.74. The number of benzene rings is 2. The number of ether oxygens (including phenoxy) is 10. The minimum absolute atomic E-state index is 0.0247. The molecule has 3 saturated heterocycles. The molecule has 7 rings (SSSR count). The molecular weight excluding hydrogens is 929 g/mol. The summed E-state index contributed by atoms with van der Waals surface area (Å²) in [6.45, 7) is 15.8. The molecule has 14 nitrogen and oxygen atoms in total. The molecule has 386 valence electrons. The van der Waals surface area contributed by atoms with E-state index >= 15 is 0 Å². The number of hydrogen-bond acceptors (Lipinski definition) is 14. The van der Waals surface area contributed by atoms with Crippen molar-refractivity contribution in [1.82, 2.24) is 0 Å². The predicted octanol–water partition coefficient (Wildman–Crippen LogP) is 9.12. The van der Waals surface area contributed by atoms with Gasteiger partial charge in [-0.2, -0.15) is 0 Å². The quantitative estimate of drug-likeness (QED) is 0.0628. The molecule has 11 atom stereocenters.